The molecule has 0 saturated carbocycles. The molecule has 1 aliphatic heterocycles. The number of carbonyl (C=O) groups excluding carboxylic acids is 1. The fourth-order valence-electron chi connectivity index (χ4n) is 3.18. The van der Waals surface area contributed by atoms with Crippen molar-refractivity contribution in [3.05, 3.63) is 42.2 Å². The van der Waals surface area contributed by atoms with Gasteiger partial charge in [0, 0.05) is 12.1 Å². The Balaban J connectivity index is 1.63. The van der Waals surface area contributed by atoms with E-state index < -0.39 is 11.9 Å². The predicted octanol–water partition coefficient (Wildman–Crippen LogP) is 3.61. The van der Waals surface area contributed by atoms with E-state index in [0.717, 1.165) is 49.3 Å². The topological polar surface area (TPSA) is 59.0 Å². The van der Waals surface area contributed by atoms with Gasteiger partial charge >= 0.3 is 6.18 Å². The average Bonchev–Trinajstić information content (AvgIpc) is 2.96. The smallest absolute Gasteiger partial charge is 0.326 e. The van der Waals surface area contributed by atoms with Crippen LogP contribution in [0, 0.1) is 5.92 Å². The van der Waals surface area contributed by atoms with Crippen molar-refractivity contribution in [2.24, 2.45) is 5.92 Å². The second-order valence-corrected chi connectivity index (χ2v) is 6.47. The number of carbonyl (C=O) groups is 1. The molecule has 1 fully saturated rings. The average molecular weight is 366 g/mol. The number of anilines is 1. The van der Waals surface area contributed by atoms with Crippen molar-refractivity contribution in [1.29, 1.82) is 0 Å². The van der Waals surface area contributed by atoms with E-state index in [9.17, 15) is 18.0 Å². The van der Waals surface area contributed by atoms with E-state index in [1.165, 1.54) is 12.1 Å². The molecule has 8 heteroatoms. The van der Waals surface area contributed by atoms with Crippen LogP contribution in [0.25, 0.3) is 5.69 Å². The Hall–Kier alpha value is -2.35. The van der Waals surface area contributed by atoms with Gasteiger partial charge < -0.3 is 10.6 Å². The lowest BCUT2D eigenvalue weighted by Gasteiger charge is -2.14. The summed E-state index contributed by atoms with van der Waals surface area (Å²) < 4.78 is 39.7. The highest BCUT2D eigenvalue weighted by atomic mass is 19.4. The number of amides is 1. The summed E-state index contributed by atoms with van der Waals surface area (Å²) in [5.74, 6) is 0.294. The van der Waals surface area contributed by atoms with Crippen LogP contribution < -0.4 is 10.6 Å². The number of benzene rings is 1. The molecule has 2 heterocycles. The molecule has 1 aromatic heterocycles. The van der Waals surface area contributed by atoms with Gasteiger partial charge in [0.25, 0.3) is 0 Å². The largest absolute Gasteiger partial charge is 0.433 e. The Kier molecular flexibility index (Phi) is 5.61. The number of nitrogens with zero attached hydrogens (tertiary/aromatic N) is 2. The van der Waals surface area contributed by atoms with Crippen LogP contribution in [0.15, 0.2) is 36.5 Å². The van der Waals surface area contributed by atoms with Crippen LogP contribution in [0.3, 0.4) is 0 Å². The summed E-state index contributed by atoms with van der Waals surface area (Å²) >= 11 is 0. The van der Waals surface area contributed by atoms with Crippen molar-refractivity contribution >= 4 is 11.6 Å². The van der Waals surface area contributed by atoms with Gasteiger partial charge in [-0.15, -0.1) is 0 Å². The fraction of sp³-hybridized carbons (Fsp3) is 0.444. The van der Waals surface area contributed by atoms with Gasteiger partial charge in [-0.1, -0.05) is 0 Å². The van der Waals surface area contributed by atoms with Crippen molar-refractivity contribution in [2.45, 2.75) is 31.9 Å². The molecule has 140 valence electrons. The number of hydrogen-bond donors (Lipinski definition) is 2. The number of halogens is 3. The van der Waals surface area contributed by atoms with Gasteiger partial charge in [-0.3, -0.25) is 4.79 Å². The van der Waals surface area contributed by atoms with Crippen molar-refractivity contribution in [3.63, 3.8) is 0 Å². The van der Waals surface area contributed by atoms with Gasteiger partial charge in [0.05, 0.1) is 11.9 Å². The molecule has 0 bridgehead atoms. The fourth-order valence-corrected chi connectivity index (χ4v) is 3.18. The van der Waals surface area contributed by atoms with E-state index in [1.54, 1.807) is 12.1 Å². The molecule has 1 aliphatic rings. The summed E-state index contributed by atoms with van der Waals surface area (Å²) in [6, 6.07) is 7.12. The molecule has 1 unspecified atom stereocenters. The highest BCUT2D eigenvalue weighted by Crippen LogP contribution is 2.30. The summed E-state index contributed by atoms with van der Waals surface area (Å²) in [7, 11) is 0. The molecule has 5 nitrogen and oxygen atoms in total. The molecule has 1 atom stereocenters. The lowest BCUT2D eigenvalue weighted by molar-refractivity contribution is -0.142. The molecule has 26 heavy (non-hydrogen) atoms. The maximum absolute atomic E-state index is 12.9. The highest BCUT2D eigenvalue weighted by Gasteiger charge is 2.35. The van der Waals surface area contributed by atoms with E-state index in [0.29, 0.717) is 18.0 Å². The predicted molar refractivity (Wildman–Crippen MR) is 92.0 cm³/mol. The van der Waals surface area contributed by atoms with E-state index in [1.807, 2.05) is 0 Å². The quantitative estimate of drug-likeness (QED) is 0.869. The van der Waals surface area contributed by atoms with Crippen molar-refractivity contribution in [3.8, 4) is 5.69 Å². The van der Waals surface area contributed by atoms with Crippen LogP contribution in [0.1, 0.15) is 31.4 Å². The van der Waals surface area contributed by atoms with Crippen LogP contribution in [0.4, 0.5) is 18.9 Å². The second-order valence-electron chi connectivity index (χ2n) is 6.47. The third-order valence-electron chi connectivity index (χ3n) is 4.50. The number of hydrogen-bond acceptors (Lipinski definition) is 3. The monoisotopic (exact) mass is 366 g/mol. The number of aromatic nitrogens is 2. The highest BCUT2D eigenvalue weighted by molar-refractivity contribution is 5.90. The standard InChI is InChI=1S/C18H21F3N4O/c19-18(20,21)16-8-11-23-25(16)15-5-3-14(4-6-15)24-17(26)12-13-2-1-9-22-10-7-13/h3-6,8,11,13,22H,1-2,7,9-10,12H2,(H,24,26). The maximum Gasteiger partial charge on any atom is 0.433 e. The molecule has 0 spiro atoms. The van der Waals surface area contributed by atoms with Crippen LogP contribution in [-0.2, 0) is 11.0 Å². The number of rotatable bonds is 4. The second kappa shape index (κ2) is 7.90. The Morgan fingerprint density at radius 3 is 2.69 bits per heavy atom. The molecule has 2 aromatic rings. The van der Waals surface area contributed by atoms with Gasteiger partial charge in [0.1, 0.15) is 5.69 Å². The van der Waals surface area contributed by atoms with Gasteiger partial charge in [-0.2, -0.15) is 18.3 Å². The first-order chi connectivity index (χ1) is 12.4. The zero-order valence-corrected chi connectivity index (χ0v) is 14.2. The van der Waals surface area contributed by atoms with Crippen molar-refractivity contribution in [1.82, 2.24) is 15.1 Å². The summed E-state index contributed by atoms with van der Waals surface area (Å²) in [4.78, 5) is 12.2. The Bertz CT molecular complexity index is 732. The molecule has 1 amide bonds. The van der Waals surface area contributed by atoms with Crippen LogP contribution in [0.5, 0.6) is 0 Å². The van der Waals surface area contributed by atoms with E-state index >= 15 is 0 Å². The maximum atomic E-state index is 12.9. The zero-order valence-electron chi connectivity index (χ0n) is 14.2. The third kappa shape index (κ3) is 4.63. The van der Waals surface area contributed by atoms with E-state index in [4.69, 9.17) is 0 Å². The van der Waals surface area contributed by atoms with Crippen LogP contribution in [-0.4, -0.2) is 28.8 Å². The molecule has 2 N–H and O–H groups in total. The summed E-state index contributed by atoms with van der Waals surface area (Å²) in [6.45, 7) is 1.92. The van der Waals surface area contributed by atoms with Gasteiger partial charge in [-0.05, 0) is 68.6 Å². The van der Waals surface area contributed by atoms with Gasteiger partial charge in [-0.25, -0.2) is 4.68 Å². The Labute approximate surface area is 149 Å². The Morgan fingerprint density at radius 2 is 1.96 bits per heavy atom. The Morgan fingerprint density at radius 1 is 1.19 bits per heavy atom. The normalized spacial score (nSPS) is 18.3. The molecule has 1 aromatic carbocycles. The van der Waals surface area contributed by atoms with Gasteiger partial charge in [0.15, 0.2) is 0 Å². The summed E-state index contributed by atoms with van der Waals surface area (Å²) in [5.41, 5.74) is 0.0117. The molecular weight excluding hydrogens is 345 g/mol. The van der Waals surface area contributed by atoms with Crippen molar-refractivity contribution < 1.29 is 18.0 Å². The van der Waals surface area contributed by atoms with E-state index in [-0.39, 0.29) is 11.6 Å². The summed E-state index contributed by atoms with van der Waals surface area (Å²) in [6.07, 6.45) is 0.167. The first-order valence-electron chi connectivity index (χ1n) is 8.66. The lowest BCUT2D eigenvalue weighted by Crippen LogP contribution is -2.18. The minimum absolute atomic E-state index is 0.0697. The molecule has 0 radical (unpaired) electrons. The van der Waals surface area contributed by atoms with Crippen molar-refractivity contribution in [2.75, 3.05) is 18.4 Å². The zero-order chi connectivity index (χ0) is 18.6. The van der Waals surface area contributed by atoms with Crippen LogP contribution >= 0.6 is 0 Å². The first kappa shape index (κ1) is 18.4. The molecule has 0 aliphatic carbocycles. The number of alkyl halides is 3. The van der Waals surface area contributed by atoms with Crippen LogP contribution in [0.2, 0.25) is 0 Å². The SMILES string of the molecule is O=C(CC1CCCNCC1)Nc1ccc(-n2nccc2C(F)(F)F)cc1. The minimum Gasteiger partial charge on any atom is -0.326 e. The molecular formula is C18H21F3N4O. The number of nitrogens with one attached hydrogen (secondary N) is 2. The lowest BCUT2D eigenvalue weighted by atomic mass is 9.96. The third-order valence-corrected chi connectivity index (χ3v) is 4.50. The minimum atomic E-state index is -4.48. The van der Waals surface area contributed by atoms with E-state index in [2.05, 4.69) is 15.7 Å². The first-order valence-corrected chi connectivity index (χ1v) is 8.66. The summed E-state index contributed by atoms with van der Waals surface area (Å²) in [5, 5.41) is 9.86. The van der Waals surface area contributed by atoms with Gasteiger partial charge in [0.2, 0.25) is 5.91 Å². The molecule has 1 saturated heterocycles. The molecule has 3 rings (SSSR count).